The predicted octanol–water partition coefficient (Wildman–Crippen LogP) is 4.59. The van der Waals surface area contributed by atoms with Crippen molar-refractivity contribution in [2.75, 3.05) is 11.9 Å². The van der Waals surface area contributed by atoms with Gasteiger partial charge in [0.1, 0.15) is 0 Å². The molecule has 10 heteroatoms. The Bertz CT molecular complexity index is 407. The van der Waals surface area contributed by atoms with Gasteiger partial charge in [-0.3, -0.25) is 0 Å². The zero-order chi connectivity index (χ0) is 14.8. The van der Waals surface area contributed by atoms with Crippen LogP contribution in [0, 0.1) is 5.92 Å². The minimum atomic E-state index is -1.83. The number of nitrogens with zero attached hydrogens (tertiary/aromatic N) is 3. The van der Waals surface area contributed by atoms with E-state index in [1.807, 2.05) is 13.8 Å². The minimum absolute atomic E-state index is 0.111. The van der Waals surface area contributed by atoms with Crippen LogP contribution in [0.25, 0.3) is 0 Å². The number of alkyl halides is 6. The quantitative estimate of drug-likeness (QED) is 0.771. The predicted molar refractivity (Wildman–Crippen MR) is 81.6 cm³/mol. The molecule has 19 heavy (non-hydrogen) atoms. The molecule has 0 bridgehead atoms. The third-order valence-corrected chi connectivity index (χ3v) is 2.83. The summed E-state index contributed by atoms with van der Waals surface area (Å²) in [6.07, 6.45) is 0. The smallest absolute Gasteiger partial charge is 0.250 e. The fourth-order valence-electron chi connectivity index (χ4n) is 1.00. The molecule has 1 heterocycles. The van der Waals surface area contributed by atoms with Gasteiger partial charge in [0.25, 0.3) is 0 Å². The Morgan fingerprint density at radius 2 is 1.32 bits per heavy atom. The summed E-state index contributed by atoms with van der Waals surface area (Å²) in [6.45, 7) is 4.64. The first-order valence-electron chi connectivity index (χ1n) is 5.14. The Kier molecular flexibility index (Phi) is 6.06. The van der Waals surface area contributed by atoms with E-state index in [0.29, 0.717) is 12.5 Å². The van der Waals surface area contributed by atoms with Gasteiger partial charge < -0.3 is 5.32 Å². The highest BCUT2D eigenvalue weighted by atomic mass is 35.6. The second-order valence-corrected chi connectivity index (χ2v) is 8.64. The van der Waals surface area contributed by atoms with Crippen LogP contribution in [0.3, 0.4) is 0 Å². The van der Waals surface area contributed by atoms with Crippen LogP contribution in [0.1, 0.15) is 25.5 Å². The molecule has 0 aliphatic rings. The van der Waals surface area contributed by atoms with Crippen molar-refractivity contribution in [3.63, 3.8) is 0 Å². The lowest BCUT2D eigenvalue weighted by molar-refractivity contribution is 0.681. The third-order valence-electron chi connectivity index (χ3n) is 1.81. The Hall–Kier alpha value is 0.550. The first-order valence-corrected chi connectivity index (χ1v) is 7.41. The topological polar surface area (TPSA) is 50.7 Å². The Morgan fingerprint density at radius 3 is 1.63 bits per heavy atom. The third kappa shape index (κ3) is 5.82. The summed E-state index contributed by atoms with van der Waals surface area (Å²) in [6, 6.07) is 0. The maximum Gasteiger partial charge on any atom is 0.250 e. The summed E-state index contributed by atoms with van der Waals surface area (Å²) in [7, 11) is 0. The molecule has 0 amide bonds. The van der Waals surface area contributed by atoms with Crippen LogP contribution in [0.2, 0.25) is 0 Å². The lowest BCUT2D eigenvalue weighted by atomic mass is 10.2. The van der Waals surface area contributed by atoms with Gasteiger partial charge in [0.2, 0.25) is 13.5 Å². The van der Waals surface area contributed by atoms with Crippen molar-refractivity contribution in [1.29, 1.82) is 0 Å². The number of rotatable bonds is 3. The molecule has 0 radical (unpaired) electrons. The van der Waals surface area contributed by atoms with Crippen LogP contribution in [0.4, 0.5) is 5.95 Å². The normalized spacial score (nSPS) is 12.9. The Morgan fingerprint density at radius 1 is 0.895 bits per heavy atom. The van der Waals surface area contributed by atoms with Gasteiger partial charge in [-0.1, -0.05) is 83.5 Å². The first-order chi connectivity index (χ1) is 8.50. The van der Waals surface area contributed by atoms with Gasteiger partial charge in [0.05, 0.1) is 0 Å². The summed E-state index contributed by atoms with van der Waals surface area (Å²) in [5.74, 6) is 0.329. The van der Waals surface area contributed by atoms with Crippen molar-refractivity contribution in [2.45, 2.75) is 21.4 Å². The summed E-state index contributed by atoms with van der Waals surface area (Å²) in [5.41, 5.74) is 0. The maximum atomic E-state index is 5.74. The van der Waals surface area contributed by atoms with E-state index in [1.165, 1.54) is 0 Å². The zero-order valence-corrected chi connectivity index (χ0v) is 14.4. The zero-order valence-electron chi connectivity index (χ0n) is 9.89. The molecular weight excluding hydrogens is 377 g/mol. The van der Waals surface area contributed by atoms with Crippen LogP contribution in [-0.4, -0.2) is 21.5 Å². The highest BCUT2D eigenvalue weighted by Crippen LogP contribution is 2.40. The van der Waals surface area contributed by atoms with E-state index in [-0.39, 0.29) is 17.6 Å². The van der Waals surface area contributed by atoms with E-state index in [9.17, 15) is 0 Å². The fraction of sp³-hybridized carbons (Fsp3) is 0.667. The summed E-state index contributed by atoms with van der Waals surface area (Å²) < 4.78 is -3.66. The Labute approximate surface area is 141 Å². The molecule has 0 fully saturated rings. The maximum absolute atomic E-state index is 5.74. The molecule has 0 atom stereocenters. The summed E-state index contributed by atoms with van der Waals surface area (Å²) in [5, 5.41) is 2.96. The molecule has 1 rings (SSSR count). The monoisotopic (exact) mass is 384 g/mol. The molecular formula is C9H10Cl6N4. The van der Waals surface area contributed by atoms with Crippen molar-refractivity contribution < 1.29 is 0 Å². The number of anilines is 1. The van der Waals surface area contributed by atoms with Crippen molar-refractivity contribution in [1.82, 2.24) is 15.0 Å². The number of nitrogens with one attached hydrogen (secondary N) is 1. The molecule has 0 spiro atoms. The first kappa shape index (κ1) is 17.6. The van der Waals surface area contributed by atoms with E-state index >= 15 is 0 Å². The fourth-order valence-corrected chi connectivity index (χ4v) is 1.51. The lowest BCUT2D eigenvalue weighted by Crippen LogP contribution is -2.19. The van der Waals surface area contributed by atoms with E-state index < -0.39 is 7.59 Å². The van der Waals surface area contributed by atoms with Gasteiger partial charge in [-0.05, 0) is 5.92 Å². The van der Waals surface area contributed by atoms with Crippen molar-refractivity contribution in [2.24, 2.45) is 5.92 Å². The van der Waals surface area contributed by atoms with Gasteiger partial charge in [0, 0.05) is 6.54 Å². The van der Waals surface area contributed by atoms with Crippen LogP contribution >= 0.6 is 69.6 Å². The van der Waals surface area contributed by atoms with Crippen molar-refractivity contribution in [3.8, 4) is 0 Å². The molecule has 0 saturated heterocycles. The molecule has 0 aromatic carbocycles. The second kappa shape index (κ2) is 6.54. The summed E-state index contributed by atoms with van der Waals surface area (Å²) in [4.78, 5) is 11.8. The van der Waals surface area contributed by atoms with E-state index in [1.54, 1.807) is 0 Å². The number of aromatic nitrogens is 3. The molecule has 0 unspecified atom stereocenters. The Balaban J connectivity index is 3.17. The second-order valence-electron chi connectivity index (χ2n) is 4.08. The standard InChI is InChI=1S/C9H10Cl6N4/c1-4(2)3-16-7-18-5(8(10,11)12)17-6(19-7)9(13,14)15/h4H,3H2,1-2H3,(H,16,17,18,19). The SMILES string of the molecule is CC(C)CNc1nc(C(Cl)(Cl)Cl)nc(C(Cl)(Cl)Cl)n1. The number of halogens is 6. The molecule has 108 valence electrons. The highest BCUT2D eigenvalue weighted by Gasteiger charge is 2.33. The summed E-state index contributed by atoms with van der Waals surface area (Å²) >= 11 is 34.4. The lowest BCUT2D eigenvalue weighted by Gasteiger charge is -2.16. The van der Waals surface area contributed by atoms with Gasteiger partial charge in [-0.2, -0.15) is 9.97 Å². The van der Waals surface area contributed by atoms with Gasteiger partial charge in [0.15, 0.2) is 11.6 Å². The molecule has 1 N–H and O–H groups in total. The average molecular weight is 387 g/mol. The molecule has 0 aliphatic heterocycles. The molecule has 1 aromatic heterocycles. The average Bonchev–Trinajstić information content (AvgIpc) is 2.23. The molecule has 4 nitrogen and oxygen atoms in total. The van der Waals surface area contributed by atoms with Gasteiger partial charge in [-0.25, -0.2) is 4.98 Å². The van der Waals surface area contributed by atoms with Gasteiger partial charge >= 0.3 is 0 Å². The van der Waals surface area contributed by atoms with Crippen LogP contribution in [-0.2, 0) is 7.59 Å². The van der Waals surface area contributed by atoms with E-state index in [0.717, 1.165) is 0 Å². The molecule has 1 aromatic rings. The van der Waals surface area contributed by atoms with Crippen LogP contribution < -0.4 is 5.32 Å². The number of hydrogen-bond donors (Lipinski definition) is 1. The number of hydrogen-bond acceptors (Lipinski definition) is 4. The van der Waals surface area contributed by atoms with Crippen molar-refractivity contribution >= 4 is 75.6 Å². The van der Waals surface area contributed by atoms with E-state index in [4.69, 9.17) is 69.6 Å². The highest BCUT2D eigenvalue weighted by molar-refractivity contribution is 6.67. The largest absolute Gasteiger partial charge is 0.354 e. The van der Waals surface area contributed by atoms with E-state index in [2.05, 4.69) is 20.3 Å². The minimum Gasteiger partial charge on any atom is -0.354 e. The van der Waals surface area contributed by atoms with Crippen LogP contribution in [0.5, 0.6) is 0 Å². The van der Waals surface area contributed by atoms with Gasteiger partial charge in [-0.15, -0.1) is 0 Å². The molecule has 0 aliphatic carbocycles. The molecule has 0 saturated carbocycles. The van der Waals surface area contributed by atoms with Crippen molar-refractivity contribution in [3.05, 3.63) is 11.6 Å². The van der Waals surface area contributed by atoms with Crippen LogP contribution in [0.15, 0.2) is 0 Å².